The first-order valence-corrected chi connectivity index (χ1v) is 13.4. The van der Waals surface area contributed by atoms with E-state index in [1.165, 1.54) is 40.5 Å². The summed E-state index contributed by atoms with van der Waals surface area (Å²) in [5.74, 6) is -0.601. The molecule has 2 heterocycles. The number of carbonyl (C=O) groups is 2. The van der Waals surface area contributed by atoms with Crippen LogP contribution in [0.4, 0.5) is 9.18 Å². The fraction of sp³-hybridized carbons (Fsp3) is 0.344. The van der Waals surface area contributed by atoms with Gasteiger partial charge in [-0.15, -0.1) is 0 Å². The molecule has 3 aliphatic rings. The molecular weight excluding hydrogens is 479 g/mol. The molecule has 0 radical (unpaired) electrons. The summed E-state index contributed by atoms with van der Waals surface area (Å²) < 4.78 is 19.5. The van der Waals surface area contributed by atoms with E-state index >= 15 is 0 Å². The van der Waals surface area contributed by atoms with Crippen LogP contribution in [0.1, 0.15) is 60.3 Å². The van der Waals surface area contributed by atoms with Crippen molar-refractivity contribution in [2.24, 2.45) is 5.92 Å². The first kappa shape index (κ1) is 24.4. The van der Waals surface area contributed by atoms with Gasteiger partial charge in [-0.3, -0.25) is 4.79 Å². The van der Waals surface area contributed by atoms with E-state index in [2.05, 4.69) is 24.3 Å². The highest BCUT2D eigenvalue weighted by atomic mass is 19.1. The lowest BCUT2D eigenvalue weighted by Crippen LogP contribution is -2.56. The van der Waals surface area contributed by atoms with Gasteiger partial charge in [-0.1, -0.05) is 54.6 Å². The van der Waals surface area contributed by atoms with Crippen molar-refractivity contribution in [1.29, 1.82) is 5.26 Å². The molecule has 2 unspecified atom stereocenters. The van der Waals surface area contributed by atoms with Crippen LogP contribution < -0.4 is 0 Å². The zero-order valence-electron chi connectivity index (χ0n) is 21.1. The van der Waals surface area contributed by atoms with Crippen LogP contribution in [0.25, 0.3) is 11.1 Å². The van der Waals surface area contributed by atoms with Crippen molar-refractivity contribution in [2.45, 2.75) is 56.5 Å². The Morgan fingerprint density at radius 1 is 0.947 bits per heavy atom. The molecule has 2 saturated heterocycles. The van der Waals surface area contributed by atoms with Gasteiger partial charge in [-0.05, 0) is 72.1 Å². The lowest BCUT2D eigenvalue weighted by atomic mass is 9.76. The summed E-state index contributed by atoms with van der Waals surface area (Å²) in [6.45, 7) is 0.284. The second-order valence-corrected chi connectivity index (χ2v) is 10.7. The Labute approximate surface area is 221 Å². The molecule has 2 aliphatic heterocycles. The zero-order valence-corrected chi connectivity index (χ0v) is 21.1. The quantitative estimate of drug-likeness (QED) is 0.400. The topological polar surface area (TPSA) is 70.4 Å². The summed E-state index contributed by atoms with van der Waals surface area (Å²) >= 11 is 0. The van der Waals surface area contributed by atoms with Gasteiger partial charge in [0.05, 0.1) is 11.6 Å². The third-order valence-corrected chi connectivity index (χ3v) is 8.53. The summed E-state index contributed by atoms with van der Waals surface area (Å²) in [5, 5.41) is 9.34. The molecule has 2 bridgehead atoms. The van der Waals surface area contributed by atoms with E-state index in [1.807, 2.05) is 35.2 Å². The maximum absolute atomic E-state index is 13.5. The van der Waals surface area contributed by atoms with Gasteiger partial charge >= 0.3 is 6.09 Å². The zero-order chi connectivity index (χ0) is 26.2. The van der Waals surface area contributed by atoms with Crippen LogP contribution >= 0.6 is 0 Å². The number of piperidine rings is 2. The molecule has 5 nitrogen and oxygen atoms in total. The number of carbonyl (C=O) groups excluding carboxylic acids is 2. The fourth-order valence-corrected chi connectivity index (χ4v) is 6.75. The Balaban J connectivity index is 1.13. The van der Waals surface area contributed by atoms with Crippen LogP contribution in [0.3, 0.4) is 0 Å². The second kappa shape index (κ2) is 10.1. The number of benzene rings is 3. The standard InChI is InChI=1S/C32H29FN2O3/c33-23-13-12-20(22(14-23)18-34)17-31(36)21-15-24-6-5-7-25(16-21)35(24)32(37)38-19-30-28-10-3-1-8-26(28)27-9-2-4-11-29(27)30/h1-4,8-14,21,24-25,30H,5-7,15-17,19H2. The van der Waals surface area contributed by atoms with E-state index in [4.69, 9.17) is 4.74 Å². The average molecular weight is 509 g/mol. The summed E-state index contributed by atoms with van der Waals surface area (Å²) in [6, 6.07) is 22.5. The molecule has 192 valence electrons. The van der Waals surface area contributed by atoms with Crippen molar-refractivity contribution in [1.82, 2.24) is 4.90 Å². The summed E-state index contributed by atoms with van der Waals surface area (Å²) in [4.78, 5) is 28.5. The summed E-state index contributed by atoms with van der Waals surface area (Å²) in [7, 11) is 0. The van der Waals surface area contributed by atoms with E-state index in [0.29, 0.717) is 18.4 Å². The molecule has 3 aromatic carbocycles. The van der Waals surface area contributed by atoms with Gasteiger partial charge < -0.3 is 9.64 Å². The number of nitriles is 1. The predicted octanol–water partition coefficient (Wildman–Crippen LogP) is 6.39. The average Bonchev–Trinajstić information content (AvgIpc) is 3.25. The Morgan fingerprint density at radius 2 is 1.58 bits per heavy atom. The van der Waals surface area contributed by atoms with Gasteiger partial charge in [0.25, 0.3) is 0 Å². The molecule has 0 saturated carbocycles. The second-order valence-electron chi connectivity index (χ2n) is 10.7. The number of fused-ring (bicyclic) bond motifs is 5. The smallest absolute Gasteiger partial charge is 0.410 e. The number of halogens is 1. The summed E-state index contributed by atoms with van der Waals surface area (Å²) in [5.41, 5.74) is 5.52. The van der Waals surface area contributed by atoms with Gasteiger partial charge in [-0.2, -0.15) is 5.26 Å². The highest BCUT2D eigenvalue weighted by Crippen LogP contribution is 2.45. The Bertz CT molecular complexity index is 1390. The fourth-order valence-electron chi connectivity index (χ4n) is 6.75. The third-order valence-electron chi connectivity index (χ3n) is 8.53. The van der Waals surface area contributed by atoms with Gasteiger partial charge in [0.1, 0.15) is 18.2 Å². The van der Waals surface area contributed by atoms with E-state index in [-0.39, 0.29) is 54.4 Å². The van der Waals surface area contributed by atoms with Crippen LogP contribution in [-0.4, -0.2) is 35.5 Å². The monoisotopic (exact) mass is 508 g/mol. The molecule has 6 heteroatoms. The van der Waals surface area contributed by atoms with Crippen molar-refractivity contribution in [3.05, 3.63) is 94.8 Å². The number of nitrogens with zero attached hydrogens (tertiary/aromatic N) is 2. The van der Waals surface area contributed by atoms with Crippen LogP contribution in [-0.2, 0) is 16.0 Å². The van der Waals surface area contributed by atoms with Crippen molar-refractivity contribution >= 4 is 11.9 Å². The number of hydrogen-bond donors (Lipinski definition) is 0. The number of ketones is 1. The number of ether oxygens (including phenoxy) is 1. The predicted molar refractivity (Wildman–Crippen MR) is 141 cm³/mol. The molecule has 6 rings (SSSR count). The number of amides is 1. The minimum atomic E-state index is -0.483. The highest BCUT2D eigenvalue weighted by Gasteiger charge is 2.44. The first-order chi connectivity index (χ1) is 18.5. The van der Waals surface area contributed by atoms with Gasteiger partial charge in [-0.25, -0.2) is 9.18 Å². The van der Waals surface area contributed by atoms with E-state index in [0.717, 1.165) is 19.3 Å². The van der Waals surface area contributed by atoms with Crippen LogP contribution in [0, 0.1) is 23.1 Å². The molecule has 2 fully saturated rings. The van der Waals surface area contributed by atoms with Gasteiger partial charge in [0.15, 0.2) is 0 Å². The largest absolute Gasteiger partial charge is 0.448 e. The maximum Gasteiger partial charge on any atom is 0.410 e. The molecule has 2 atom stereocenters. The van der Waals surface area contributed by atoms with Crippen LogP contribution in [0.15, 0.2) is 66.7 Å². The van der Waals surface area contributed by atoms with Crippen molar-refractivity contribution in [3.8, 4) is 17.2 Å². The number of rotatable bonds is 5. The Morgan fingerprint density at radius 3 is 2.21 bits per heavy atom. The lowest BCUT2D eigenvalue weighted by Gasteiger charge is -2.47. The molecule has 1 amide bonds. The third kappa shape index (κ3) is 4.36. The number of hydrogen-bond acceptors (Lipinski definition) is 4. The maximum atomic E-state index is 13.5. The SMILES string of the molecule is N#Cc1cc(F)ccc1CC(=O)C1CC2CCCC(C1)N2C(=O)OCC1c2ccccc2-c2ccccc21. The molecule has 38 heavy (non-hydrogen) atoms. The molecule has 0 spiro atoms. The van der Waals surface area contributed by atoms with Crippen molar-refractivity contribution < 1.29 is 18.7 Å². The Kier molecular flexibility index (Phi) is 6.45. The van der Waals surface area contributed by atoms with E-state index < -0.39 is 5.82 Å². The van der Waals surface area contributed by atoms with E-state index in [1.54, 1.807) is 0 Å². The Hall–Kier alpha value is -3.98. The first-order valence-electron chi connectivity index (χ1n) is 13.4. The minimum Gasteiger partial charge on any atom is -0.448 e. The van der Waals surface area contributed by atoms with Crippen LogP contribution in [0.2, 0.25) is 0 Å². The highest BCUT2D eigenvalue weighted by molar-refractivity contribution is 5.84. The van der Waals surface area contributed by atoms with Crippen LogP contribution in [0.5, 0.6) is 0 Å². The molecule has 3 aromatic rings. The molecular formula is C32H29FN2O3. The van der Waals surface area contributed by atoms with Gasteiger partial charge in [0, 0.05) is 30.3 Å². The van der Waals surface area contributed by atoms with E-state index in [9.17, 15) is 19.2 Å². The minimum absolute atomic E-state index is 0.00958. The lowest BCUT2D eigenvalue weighted by molar-refractivity contribution is -0.126. The molecule has 0 N–H and O–H groups in total. The van der Waals surface area contributed by atoms with Gasteiger partial charge in [0.2, 0.25) is 0 Å². The number of Topliss-reactive ketones (excluding diaryl/α,β-unsaturated/α-hetero) is 1. The molecule has 0 aromatic heterocycles. The van der Waals surface area contributed by atoms with Crippen molar-refractivity contribution in [2.75, 3.05) is 6.61 Å². The van der Waals surface area contributed by atoms with Crippen molar-refractivity contribution in [3.63, 3.8) is 0 Å². The normalized spacial score (nSPS) is 21.8. The summed E-state index contributed by atoms with van der Waals surface area (Å²) in [6.07, 6.45) is 3.75. The molecule has 1 aliphatic carbocycles.